The van der Waals surface area contributed by atoms with E-state index in [4.69, 9.17) is 4.74 Å². The van der Waals surface area contributed by atoms with E-state index >= 15 is 0 Å². The first-order chi connectivity index (χ1) is 12.6. The lowest BCUT2D eigenvalue weighted by atomic mass is 10.0. The van der Waals surface area contributed by atoms with Crippen LogP contribution in [-0.4, -0.2) is 17.5 Å². The fourth-order valence-electron chi connectivity index (χ4n) is 3.28. The van der Waals surface area contributed by atoms with Gasteiger partial charge in [0.15, 0.2) is 0 Å². The number of hydrogen-bond acceptors (Lipinski definition) is 4. The molecule has 26 heavy (non-hydrogen) atoms. The molecule has 1 amide bonds. The molecule has 1 aliphatic heterocycles. The van der Waals surface area contributed by atoms with Gasteiger partial charge in [0, 0.05) is 22.9 Å². The van der Waals surface area contributed by atoms with Crippen LogP contribution in [0.4, 0.5) is 0 Å². The molecule has 0 saturated heterocycles. The minimum Gasteiger partial charge on any atom is -0.493 e. The minimum atomic E-state index is -0.140. The van der Waals surface area contributed by atoms with Crippen LogP contribution in [-0.2, 0) is 0 Å². The van der Waals surface area contributed by atoms with E-state index in [0.717, 1.165) is 28.3 Å². The van der Waals surface area contributed by atoms with Gasteiger partial charge in [-0.3, -0.25) is 4.79 Å². The van der Waals surface area contributed by atoms with Crippen LogP contribution >= 0.6 is 11.3 Å². The van der Waals surface area contributed by atoms with E-state index in [1.54, 1.807) is 0 Å². The van der Waals surface area contributed by atoms with Gasteiger partial charge >= 0.3 is 0 Å². The van der Waals surface area contributed by atoms with E-state index in [1.807, 2.05) is 29.6 Å². The van der Waals surface area contributed by atoms with Crippen molar-refractivity contribution in [2.75, 3.05) is 6.61 Å². The lowest BCUT2D eigenvalue weighted by Gasteiger charge is -2.26. The van der Waals surface area contributed by atoms with E-state index in [9.17, 15) is 4.79 Å². The molecule has 3 aromatic rings. The molecule has 2 heterocycles. The van der Waals surface area contributed by atoms with Gasteiger partial charge < -0.3 is 10.1 Å². The molecule has 0 unspecified atom stereocenters. The third-order valence-corrected chi connectivity index (χ3v) is 5.49. The number of nitrogens with zero attached hydrogens (tertiary/aromatic N) is 1. The Morgan fingerprint density at radius 1 is 1.23 bits per heavy atom. The van der Waals surface area contributed by atoms with Crippen LogP contribution in [0.15, 0.2) is 47.8 Å². The number of thiazole rings is 1. The number of nitrogens with one attached hydrogen (secondary N) is 1. The van der Waals surface area contributed by atoms with Crippen LogP contribution in [0.3, 0.4) is 0 Å². The van der Waals surface area contributed by atoms with Crippen molar-refractivity contribution in [2.24, 2.45) is 0 Å². The largest absolute Gasteiger partial charge is 0.493 e. The van der Waals surface area contributed by atoms with Gasteiger partial charge in [-0.15, -0.1) is 11.3 Å². The number of aryl methyl sites for hydroxylation is 2. The van der Waals surface area contributed by atoms with E-state index in [2.05, 4.69) is 42.3 Å². The maximum atomic E-state index is 12.7. The first-order valence-electron chi connectivity index (χ1n) is 8.67. The van der Waals surface area contributed by atoms with Crippen molar-refractivity contribution in [2.45, 2.75) is 26.3 Å². The van der Waals surface area contributed by atoms with Gasteiger partial charge in [0.05, 0.1) is 12.6 Å². The molecule has 0 spiro atoms. The van der Waals surface area contributed by atoms with Crippen molar-refractivity contribution in [3.05, 3.63) is 70.2 Å². The van der Waals surface area contributed by atoms with E-state index in [1.165, 1.54) is 22.5 Å². The number of fused-ring (bicyclic) bond motifs is 1. The second kappa shape index (κ2) is 6.92. The van der Waals surface area contributed by atoms with Crippen LogP contribution < -0.4 is 10.1 Å². The van der Waals surface area contributed by atoms with Crippen LogP contribution in [0.5, 0.6) is 5.75 Å². The van der Waals surface area contributed by atoms with Gasteiger partial charge in [0.2, 0.25) is 0 Å². The summed E-state index contributed by atoms with van der Waals surface area (Å²) in [4.78, 5) is 17.3. The second-order valence-corrected chi connectivity index (χ2v) is 7.42. The average molecular weight is 364 g/mol. The number of benzene rings is 2. The molecule has 4 rings (SSSR count). The lowest BCUT2D eigenvalue weighted by molar-refractivity contribution is 0.0920. The number of carbonyl (C=O) groups excluding carboxylic acids is 1. The summed E-state index contributed by atoms with van der Waals surface area (Å²) in [5.41, 5.74) is 4.96. The van der Waals surface area contributed by atoms with Gasteiger partial charge in [0.1, 0.15) is 16.5 Å². The third-order valence-electron chi connectivity index (χ3n) is 4.61. The number of rotatable bonds is 3. The Hall–Kier alpha value is -2.66. The van der Waals surface area contributed by atoms with Crippen molar-refractivity contribution in [3.63, 3.8) is 0 Å². The van der Waals surface area contributed by atoms with E-state index in [-0.39, 0.29) is 11.9 Å². The highest BCUT2D eigenvalue weighted by molar-refractivity contribution is 7.13. The molecular formula is C21H20N2O2S. The van der Waals surface area contributed by atoms with Crippen LogP contribution in [0.25, 0.3) is 10.6 Å². The second-order valence-electron chi connectivity index (χ2n) is 6.56. The summed E-state index contributed by atoms with van der Waals surface area (Å²) in [6.07, 6.45) is 0.761. The molecule has 0 fully saturated rings. The number of para-hydroxylation sites is 1. The molecule has 1 aromatic heterocycles. The Kier molecular flexibility index (Phi) is 4.47. The normalized spacial score (nSPS) is 15.8. The predicted octanol–water partition coefficient (Wildman–Crippen LogP) is 4.68. The zero-order chi connectivity index (χ0) is 18.1. The number of amides is 1. The molecule has 4 nitrogen and oxygen atoms in total. The molecule has 0 aliphatic carbocycles. The summed E-state index contributed by atoms with van der Waals surface area (Å²) >= 11 is 1.50. The predicted molar refractivity (Wildman–Crippen MR) is 104 cm³/mol. The zero-order valence-corrected chi connectivity index (χ0v) is 15.6. The standard InChI is InChI=1S/C21H20N2O2S/c1-13-7-8-15(14(2)11-13)21-23-18(12-26-21)20(24)22-17-9-10-25-19-6-4-3-5-16(17)19/h3-8,11-12,17H,9-10H2,1-2H3,(H,22,24)/t17-/m0/s1. The van der Waals surface area contributed by atoms with Crippen molar-refractivity contribution < 1.29 is 9.53 Å². The fourth-order valence-corrected chi connectivity index (χ4v) is 4.17. The van der Waals surface area contributed by atoms with Crippen molar-refractivity contribution >= 4 is 17.2 Å². The van der Waals surface area contributed by atoms with Gasteiger partial charge in [0.25, 0.3) is 5.91 Å². The SMILES string of the molecule is Cc1ccc(-c2nc(C(=O)N[C@H]3CCOc4ccccc43)cs2)c(C)c1. The molecule has 0 bridgehead atoms. The molecule has 1 atom stereocenters. The molecule has 5 heteroatoms. The highest BCUT2D eigenvalue weighted by Gasteiger charge is 2.24. The Bertz CT molecular complexity index is 964. The van der Waals surface area contributed by atoms with Crippen LogP contribution in [0, 0.1) is 13.8 Å². The first-order valence-corrected chi connectivity index (χ1v) is 9.55. The monoisotopic (exact) mass is 364 g/mol. The third kappa shape index (κ3) is 3.22. The number of hydrogen-bond donors (Lipinski definition) is 1. The Balaban J connectivity index is 1.54. The zero-order valence-electron chi connectivity index (χ0n) is 14.8. The minimum absolute atomic E-state index is 0.0429. The first kappa shape index (κ1) is 16.8. The van der Waals surface area contributed by atoms with Crippen molar-refractivity contribution in [1.82, 2.24) is 10.3 Å². The van der Waals surface area contributed by atoms with Crippen molar-refractivity contribution in [3.8, 4) is 16.3 Å². The molecular weight excluding hydrogens is 344 g/mol. The highest BCUT2D eigenvalue weighted by atomic mass is 32.1. The maximum absolute atomic E-state index is 12.7. The molecule has 1 aliphatic rings. The quantitative estimate of drug-likeness (QED) is 0.734. The molecule has 2 aromatic carbocycles. The fraction of sp³-hybridized carbons (Fsp3) is 0.238. The summed E-state index contributed by atoms with van der Waals surface area (Å²) in [7, 11) is 0. The van der Waals surface area contributed by atoms with Crippen LogP contribution in [0.2, 0.25) is 0 Å². The summed E-state index contributed by atoms with van der Waals surface area (Å²) in [5, 5.41) is 5.81. The lowest BCUT2D eigenvalue weighted by Crippen LogP contribution is -2.32. The topological polar surface area (TPSA) is 51.2 Å². The molecule has 132 valence electrons. The molecule has 0 radical (unpaired) electrons. The average Bonchev–Trinajstić information content (AvgIpc) is 3.12. The Labute approximate surface area is 156 Å². The summed E-state index contributed by atoms with van der Waals surface area (Å²) in [6.45, 7) is 4.75. The van der Waals surface area contributed by atoms with E-state index < -0.39 is 0 Å². The maximum Gasteiger partial charge on any atom is 0.271 e. The number of carbonyl (C=O) groups is 1. The summed E-state index contributed by atoms with van der Waals surface area (Å²) in [5.74, 6) is 0.706. The molecule has 0 saturated carbocycles. The summed E-state index contributed by atoms with van der Waals surface area (Å²) in [6, 6.07) is 14.1. The highest BCUT2D eigenvalue weighted by Crippen LogP contribution is 2.32. The molecule has 1 N–H and O–H groups in total. The van der Waals surface area contributed by atoms with Gasteiger partial charge in [-0.25, -0.2) is 4.98 Å². The Morgan fingerprint density at radius 2 is 2.08 bits per heavy atom. The van der Waals surface area contributed by atoms with E-state index in [0.29, 0.717) is 12.3 Å². The van der Waals surface area contributed by atoms with Gasteiger partial charge in [-0.05, 0) is 25.5 Å². The van der Waals surface area contributed by atoms with Gasteiger partial charge in [-0.1, -0.05) is 42.0 Å². The summed E-state index contributed by atoms with van der Waals surface area (Å²) < 4.78 is 5.66. The number of ether oxygens (including phenoxy) is 1. The smallest absolute Gasteiger partial charge is 0.271 e. The van der Waals surface area contributed by atoms with Gasteiger partial charge in [-0.2, -0.15) is 0 Å². The van der Waals surface area contributed by atoms with Crippen LogP contribution in [0.1, 0.15) is 39.6 Å². The number of aromatic nitrogens is 1. The van der Waals surface area contributed by atoms with Crippen molar-refractivity contribution in [1.29, 1.82) is 0 Å². The Morgan fingerprint density at radius 3 is 2.92 bits per heavy atom.